The van der Waals surface area contributed by atoms with Crippen LogP contribution in [0.15, 0.2) is 28.7 Å². The zero-order valence-electron chi connectivity index (χ0n) is 13.9. The summed E-state index contributed by atoms with van der Waals surface area (Å²) in [7, 11) is 3.03. The van der Waals surface area contributed by atoms with Gasteiger partial charge in [0, 0.05) is 17.2 Å². The molecule has 0 fully saturated rings. The average molecular weight is 405 g/mol. The quantitative estimate of drug-likeness (QED) is 0.783. The van der Waals surface area contributed by atoms with Crippen molar-refractivity contribution < 1.29 is 9.53 Å². The first-order valence-electron chi connectivity index (χ1n) is 7.28. The smallest absolute Gasteiger partial charge is 0.246 e. The molecule has 0 aliphatic rings. The second-order valence-corrected chi connectivity index (χ2v) is 6.10. The summed E-state index contributed by atoms with van der Waals surface area (Å²) >= 11 is 3.35. The van der Waals surface area contributed by atoms with E-state index in [2.05, 4.69) is 31.2 Å². The number of carbonyl (C=O) groups excluding carboxylic acids is 1. The fourth-order valence-electron chi connectivity index (χ4n) is 2.12. The Kier molecular flexibility index (Phi) is 5.77. The van der Waals surface area contributed by atoms with E-state index >= 15 is 0 Å². The molecular formula is C16H17BrN6O2. The van der Waals surface area contributed by atoms with Gasteiger partial charge in [-0.25, -0.2) is 0 Å². The summed E-state index contributed by atoms with van der Waals surface area (Å²) in [5, 5.41) is 12.2. The van der Waals surface area contributed by atoms with Crippen LogP contribution >= 0.6 is 15.9 Å². The Hall–Kier alpha value is -2.86. The van der Waals surface area contributed by atoms with E-state index < -0.39 is 6.04 Å². The summed E-state index contributed by atoms with van der Waals surface area (Å²) in [5.41, 5.74) is 6.43. The van der Waals surface area contributed by atoms with Crippen LogP contribution in [0.3, 0.4) is 0 Å². The van der Waals surface area contributed by atoms with Gasteiger partial charge in [-0.05, 0) is 25.1 Å². The Balaban J connectivity index is 2.28. The number of hydrogen-bond acceptors (Lipinski definition) is 7. The number of nitrogen functional groups attached to an aromatic ring is 1. The molecule has 1 atom stereocenters. The molecule has 2 aromatic rings. The number of anilines is 3. The molecule has 0 radical (unpaired) electrons. The van der Waals surface area contributed by atoms with Crippen molar-refractivity contribution in [3.8, 4) is 11.9 Å². The van der Waals surface area contributed by atoms with Crippen LogP contribution in [0, 0.1) is 11.3 Å². The van der Waals surface area contributed by atoms with Gasteiger partial charge in [-0.15, -0.1) is 0 Å². The number of aromatic nitrogens is 2. The standard InChI is InChI=1S/C16H17BrN6O2/c1-9(14(24)20-11-6-4-5-10(17)7-11)23(2)13-12(8-18)15(25-3)22-16(19)21-13/h4-7,9H,1-3H3,(H,20,24)(H2,19,21,22)/t9-/m0/s1. The highest BCUT2D eigenvalue weighted by molar-refractivity contribution is 9.10. The van der Waals surface area contributed by atoms with Crippen LogP contribution in [0.5, 0.6) is 5.88 Å². The number of carbonyl (C=O) groups is 1. The molecule has 0 bridgehead atoms. The van der Waals surface area contributed by atoms with Gasteiger partial charge in [0.25, 0.3) is 0 Å². The highest BCUT2D eigenvalue weighted by Crippen LogP contribution is 2.27. The number of likely N-dealkylation sites (N-methyl/N-ethyl adjacent to an activating group) is 1. The Morgan fingerprint density at radius 3 is 2.80 bits per heavy atom. The molecule has 2 rings (SSSR count). The number of nitriles is 1. The van der Waals surface area contributed by atoms with E-state index in [0.29, 0.717) is 5.69 Å². The molecule has 1 heterocycles. The topological polar surface area (TPSA) is 117 Å². The lowest BCUT2D eigenvalue weighted by Gasteiger charge is -2.26. The van der Waals surface area contributed by atoms with Crippen LogP contribution in [-0.4, -0.2) is 36.1 Å². The van der Waals surface area contributed by atoms with E-state index in [1.807, 2.05) is 18.2 Å². The highest BCUT2D eigenvalue weighted by atomic mass is 79.9. The normalized spacial score (nSPS) is 11.3. The number of nitrogens with two attached hydrogens (primary N) is 1. The molecule has 25 heavy (non-hydrogen) atoms. The first kappa shape index (κ1) is 18.5. The molecule has 8 nitrogen and oxygen atoms in total. The van der Waals surface area contributed by atoms with E-state index in [9.17, 15) is 10.1 Å². The molecule has 1 aromatic carbocycles. The maximum absolute atomic E-state index is 12.5. The summed E-state index contributed by atoms with van der Waals surface area (Å²) in [6.45, 7) is 1.69. The van der Waals surface area contributed by atoms with Crippen molar-refractivity contribution in [2.24, 2.45) is 0 Å². The van der Waals surface area contributed by atoms with Crippen molar-refractivity contribution >= 4 is 39.3 Å². The van der Waals surface area contributed by atoms with Gasteiger partial charge in [0.1, 0.15) is 12.1 Å². The average Bonchev–Trinajstić information content (AvgIpc) is 2.59. The van der Waals surface area contributed by atoms with E-state index in [0.717, 1.165) is 4.47 Å². The highest BCUT2D eigenvalue weighted by Gasteiger charge is 2.25. The van der Waals surface area contributed by atoms with E-state index in [4.69, 9.17) is 10.5 Å². The summed E-state index contributed by atoms with van der Waals surface area (Å²) in [6.07, 6.45) is 0. The van der Waals surface area contributed by atoms with Crippen LogP contribution in [0.1, 0.15) is 12.5 Å². The number of hydrogen-bond donors (Lipinski definition) is 2. The number of methoxy groups -OCH3 is 1. The van der Waals surface area contributed by atoms with Crippen LogP contribution < -0.4 is 20.7 Å². The number of rotatable bonds is 5. The molecule has 0 saturated heterocycles. The van der Waals surface area contributed by atoms with Gasteiger partial charge in [-0.1, -0.05) is 22.0 Å². The molecule has 1 aromatic heterocycles. The van der Waals surface area contributed by atoms with E-state index in [1.54, 1.807) is 31.0 Å². The van der Waals surface area contributed by atoms with Crippen molar-refractivity contribution in [1.29, 1.82) is 5.26 Å². The molecule has 0 aliphatic carbocycles. The van der Waals surface area contributed by atoms with Crippen molar-refractivity contribution in [2.45, 2.75) is 13.0 Å². The zero-order valence-corrected chi connectivity index (χ0v) is 15.5. The number of nitrogens with one attached hydrogen (secondary N) is 1. The maximum atomic E-state index is 12.5. The van der Waals surface area contributed by atoms with Gasteiger partial charge >= 0.3 is 0 Å². The third-order valence-electron chi connectivity index (χ3n) is 3.57. The Morgan fingerprint density at radius 1 is 1.48 bits per heavy atom. The van der Waals surface area contributed by atoms with E-state index in [1.165, 1.54) is 7.11 Å². The van der Waals surface area contributed by atoms with Crippen molar-refractivity contribution in [1.82, 2.24) is 9.97 Å². The first-order chi connectivity index (χ1) is 11.9. The van der Waals surface area contributed by atoms with Gasteiger partial charge in [0.05, 0.1) is 7.11 Å². The van der Waals surface area contributed by atoms with Crippen molar-refractivity contribution in [3.63, 3.8) is 0 Å². The second-order valence-electron chi connectivity index (χ2n) is 5.19. The first-order valence-corrected chi connectivity index (χ1v) is 8.07. The third kappa shape index (κ3) is 4.16. The van der Waals surface area contributed by atoms with Crippen LogP contribution in [0.4, 0.5) is 17.5 Å². The molecule has 0 saturated carbocycles. The summed E-state index contributed by atoms with van der Waals surface area (Å²) in [5.74, 6) is -0.0156. The van der Waals surface area contributed by atoms with Gasteiger partial charge in [0.15, 0.2) is 11.4 Å². The fourth-order valence-corrected chi connectivity index (χ4v) is 2.52. The van der Waals surface area contributed by atoms with Gasteiger partial charge in [-0.3, -0.25) is 4.79 Å². The summed E-state index contributed by atoms with van der Waals surface area (Å²) in [4.78, 5) is 22.0. The maximum Gasteiger partial charge on any atom is 0.246 e. The molecule has 130 valence electrons. The van der Waals surface area contributed by atoms with Gasteiger partial charge in [0.2, 0.25) is 17.7 Å². The van der Waals surface area contributed by atoms with Crippen LogP contribution in [0.2, 0.25) is 0 Å². The Bertz CT molecular complexity index is 836. The SMILES string of the molecule is COc1nc(N)nc(N(C)[C@@H](C)C(=O)Nc2cccc(Br)c2)c1C#N. The molecule has 0 unspecified atom stereocenters. The molecular weight excluding hydrogens is 388 g/mol. The van der Waals surface area contributed by atoms with E-state index in [-0.39, 0.29) is 29.1 Å². The largest absolute Gasteiger partial charge is 0.480 e. The van der Waals surface area contributed by atoms with Crippen LogP contribution in [0.25, 0.3) is 0 Å². The Labute approximate surface area is 153 Å². The minimum Gasteiger partial charge on any atom is -0.480 e. The number of ether oxygens (including phenoxy) is 1. The number of benzene rings is 1. The predicted molar refractivity (Wildman–Crippen MR) is 98.3 cm³/mol. The lowest BCUT2D eigenvalue weighted by Crippen LogP contribution is -2.40. The summed E-state index contributed by atoms with van der Waals surface area (Å²) < 4.78 is 5.92. The molecule has 9 heteroatoms. The molecule has 0 aliphatic heterocycles. The molecule has 3 N–H and O–H groups in total. The Morgan fingerprint density at radius 2 is 2.20 bits per heavy atom. The fraction of sp³-hybridized carbons (Fsp3) is 0.250. The lowest BCUT2D eigenvalue weighted by molar-refractivity contribution is -0.117. The van der Waals surface area contributed by atoms with Gasteiger partial charge in [-0.2, -0.15) is 15.2 Å². The monoisotopic (exact) mass is 404 g/mol. The van der Waals surface area contributed by atoms with Crippen molar-refractivity contribution in [3.05, 3.63) is 34.3 Å². The summed E-state index contributed by atoms with van der Waals surface area (Å²) in [6, 6.07) is 8.62. The minimum absolute atomic E-state index is 0.0442. The molecule has 0 spiro atoms. The minimum atomic E-state index is -0.620. The lowest BCUT2D eigenvalue weighted by atomic mass is 10.2. The zero-order chi connectivity index (χ0) is 18.6. The van der Waals surface area contributed by atoms with Crippen LogP contribution in [-0.2, 0) is 4.79 Å². The predicted octanol–water partition coefficient (Wildman–Crippen LogP) is 2.16. The number of halogens is 1. The number of amides is 1. The number of nitrogens with zero attached hydrogens (tertiary/aromatic N) is 4. The second kappa shape index (κ2) is 7.81. The third-order valence-corrected chi connectivity index (χ3v) is 4.06. The van der Waals surface area contributed by atoms with Crippen molar-refractivity contribution in [2.75, 3.05) is 30.1 Å². The molecule has 1 amide bonds. The van der Waals surface area contributed by atoms with Gasteiger partial charge < -0.3 is 20.7 Å².